The number of carbonyl (C=O) groups is 2. The number of benzene rings is 1. The van der Waals surface area contributed by atoms with Gasteiger partial charge in [0.05, 0.1) is 12.2 Å². The van der Waals surface area contributed by atoms with E-state index in [9.17, 15) is 9.59 Å². The maximum atomic E-state index is 13.2. The fourth-order valence-corrected chi connectivity index (χ4v) is 4.77. The molecule has 2 aromatic rings. The molecule has 2 fully saturated rings. The molecule has 4 rings (SSSR count). The van der Waals surface area contributed by atoms with E-state index in [1.54, 1.807) is 0 Å². The van der Waals surface area contributed by atoms with Gasteiger partial charge in [0, 0.05) is 38.9 Å². The molecule has 2 atom stereocenters. The van der Waals surface area contributed by atoms with Crippen molar-refractivity contribution in [3.63, 3.8) is 0 Å². The summed E-state index contributed by atoms with van der Waals surface area (Å²) >= 11 is 0. The highest BCUT2D eigenvalue weighted by molar-refractivity contribution is 5.97. The van der Waals surface area contributed by atoms with E-state index in [2.05, 4.69) is 0 Å². The van der Waals surface area contributed by atoms with Gasteiger partial charge < -0.3 is 19.1 Å². The van der Waals surface area contributed by atoms with Crippen molar-refractivity contribution >= 4 is 11.8 Å². The highest BCUT2D eigenvalue weighted by Crippen LogP contribution is 2.33. The van der Waals surface area contributed by atoms with Crippen molar-refractivity contribution < 1.29 is 14.3 Å². The number of piperidine rings is 2. The second-order valence-corrected chi connectivity index (χ2v) is 7.94. The van der Waals surface area contributed by atoms with E-state index in [0.29, 0.717) is 36.9 Å². The van der Waals surface area contributed by atoms with Crippen molar-refractivity contribution in [2.75, 3.05) is 26.2 Å². The highest BCUT2D eigenvalue weighted by Gasteiger charge is 2.40. The second kappa shape index (κ2) is 8.31. The minimum Gasteiger partial charge on any atom is -0.493 e. The van der Waals surface area contributed by atoms with Crippen LogP contribution in [0, 0.1) is 5.92 Å². The van der Waals surface area contributed by atoms with E-state index in [1.165, 1.54) is 0 Å². The molecule has 154 valence electrons. The molecule has 2 unspecified atom stereocenters. The van der Waals surface area contributed by atoms with E-state index in [1.807, 2.05) is 70.9 Å². The van der Waals surface area contributed by atoms with Gasteiger partial charge in [-0.15, -0.1) is 0 Å². The lowest BCUT2D eigenvalue weighted by atomic mass is 9.83. The summed E-state index contributed by atoms with van der Waals surface area (Å²) in [7, 11) is 1.91. The van der Waals surface area contributed by atoms with Gasteiger partial charge in [-0.3, -0.25) is 9.59 Å². The largest absolute Gasteiger partial charge is 0.493 e. The van der Waals surface area contributed by atoms with Crippen molar-refractivity contribution in [2.24, 2.45) is 13.0 Å². The summed E-state index contributed by atoms with van der Waals surface area (Å²) in [4.78, 5) is 30.3. The number of aryl methyl sites for hydroxylation is 1. The van der Waals surface area contributed by atoms with E-state index >= 15 is 0 Å². The summed E-state index contributed by atoms with van der Waals surface area (Å²) in [6.45, 7) is 4.61. The van der Waals surface area contributed by atoms with Gasteiger partial charge in [0.1, 0.15) is 11.4 Å². The SMILES string of the molecule is CCOc1ccccc1C(=O)N1CCC2C(CCCN2C(=O)c2cccn2C)C1. The van der Waals surface area contributed by atoms with E-state index < -0.39 is 0 Å². The van der Waals surface area contributed by atoms with Crippen LogP contribution in [-0.4, -0.2) is 58.5 Å². The highest BCUT2D eigenvalue weighted by atomic mass is 16.5. The molecular formula is C23H29N3O3. The molecule has 0 spiro atoms. The van der Waals surface area contributed by atoms with Crippen LogP contribution < -0.4 is 4.74 Å². The third-order valence-electron chi connectivity index (χ3n) is 6.20. The summed E-state index contributed by atoms with van der Waals surface area (Å²) in [6, 6.07) is 11.5. The minimum absolute atomic E-state index is 0.0263. The molecule has 6 heteroatoms. The Bertz CT molecular complexity index is 891. The molecule has 1 aromatic carbocycles. The lowest BCUT2D eigenvalue weighted by Crippen LogP contribution is -2.56. The van der Waals surface area contributed by atoms with Gasteiger partial charge in [-0.05, 0) is 56.4 Å². The lowest BCUT2D eigenvalue weighted by Gasteiger charge is -2.47. The molecule has 6 nitrogen and oxygen atoms in total. The summed E-state index contributed by atoms with van der Waals surface area (Å²) in [5.41, 5.74) is 1.36. The molecule has 0 radical (unpaired) electrons. The number of hydrogen-bond donors (Lipinski definition) is 0. The van der Waals surface area contributed by atoms with E-state index in [-0.39, 0.29) is 17.9 Å². The van der Waals surface area contributed by atoms with Crippen LogP contribution in [0.3, 0.4) is 0 Å². The Morgan fingerprint density at radius 2 is 1.90 bits per heavy atom. The van der Waals surface area contributed by atoms with Crippen LogP contribution in [0.4, 0.5) is 0 Å². The van der Waals surface area contributed by atoms with Crippen molar-refractivity contribution in [3.8, 4) is 5.75 Å². The Balaban J connectivity index is 1.49. The Kier molecular flexibility index (Phi) is 5.60. The first kappa shape index (κ1) is 19.6. The zero-order valence-electron chi connectivity index (χ0n) is 17.2. The molecule has 2 aliphatic heterocycles. The van der Waals surface area contributed by atoms with Crippen LogP contribution >= 0.6 is 0 Å². The molecule has 3 heterocycles. The quantitative estimate of drug-likeness (QED) is 0.799. The molecule has 2 saturated heterocycles. The van der Waals surface area contributed by atoms with E-state index in [0.717, 1.165) is 31.5 Å². The summed E-state index contributed by atoms with van der Waals surface area (Å²) < 4.78 is 7.54. The van der Waals surface area contributed by atoms with Crippen molar-refractivity contribution in [1.82, 2.24) is 14.4 Å². The molecule has 0 saturated carbocycles. The van der Waals surface area contributed by atoms with Gasteiger partial charge in [-0.25, -0.2) is 0 Å². The summed E-state index contributed by atoms with van der Waals surface area (Å²) in [5, 5.41) is 0. The zero-order valence-corrected chi connectivity index (χ0v) is 17.2. The Hall–Kier alpha value is -2.76. The molecule has 0 bridgehead atoms. The lowest BCUT2D eigenvalue weighted by molar-refractivity contribution is 0.0191. The van der Waals surface area contributed by atoms with Gasteiger partial charge in [0.2, 0.25) is 0 Å². The number of para-hydroxylation sites is 1. The number of hydrogen-bond acceptors (Lipinski definition) is 3. The van der Waals surface area contributed by atoms with Crippen LogP contribution in [0.5, 0.6) is 5.75 Å². The maximum Gasteiger partial charge on any atom is 0.270 e. The van der Waals surface area contributed by atoms with Gasteiger partial charge in [0.25, 0.3) is 11.8 Å². The Morgan fingerprint density at radius 1 is 1.07 bits per heavy atom. The third-order valence-corrected chi connectivity index (χ3v) is 6.20. The molecule has 0 N–H and O–H groups in total. The summed E-state index contributed by atoms with van der Waals surface area (Å²) in [5.74, 6) is 1.10. The van der Waals surface area contributed by atoms with Crippen molar-refractivity contribution in [3.05, 3.63) is 53.9 Å². The molecule has 2 amide bonds. The van der Waals surface area contributed by atoms with Crippen LogP contribution in [0.2, 0.25) is 0 Å². The molecule has 0 aliphatic carbocycles. The van der Waals surface area contributed by atoms with Gasteiger partial charge in [0.15, 0.2) is 0 Å². The first-order chi connectivity index (χ1) is 14.1. The fraction of sp³-hybridized carbons (Fsp3) is 0.478. The average molecular weight is 396 g/mol. The van der Waals surface area contributed by atoms with Gasteiger partial charge >= 0.3 is 0 Å². The van der Waals surface area contributed by atoms with Crippen LogP contribution in [0.1, 0.15) is 47.0 Å². The molecule has 2 aliphatic rings. The number of amides is 2. The number of nitrogens with zero attached hydrogens (tertiary/aromatic N) is 3. The standard InChI is InChI=1S/C23H29N3O3/c1-3-29-21-11-5-4-9-18(21)22(27)25-15-12-19-17(16-25)8-6-14-26(19)23(28)20-10-7-13-24(20)2/h4-5,7,9-11,13,17,19H,3,6,8,12,14-16H2,1-2H3. The fourth-order valence-electron chi connectivity index (χ4n) is 4.77. The Morgan fingerprint density at radius 3 is 2.66 bits per heavy atom. The zero-order chi connectivity index (χ0) is 20.4. The van der Waals surface area contributed by atoms with Crippen LogP contribution in [0.25, 0.3) is 0 Å². The monoisotopic (exact) mass is 395 g/mol. The third kappa shape index (κ3) is 3.76. The predicted molar refractivity (Wildman–Crippen MR) is 111 cm³/mol. The topological polar surface area (TPSA) is 54.8 Å². The number of ether oxygens (including phenoxy) is 1. The van der Waals surface area contributed by atoms with Crippen molar-refractivity contribution in [2.45, 2.75) is 32.2 Å². The first-order valence-corrected chi connectivity index (χ1v) is 10.5. The minimum atomic E-state index is 0.0263. The van der Waals surface area contributed by atoms with Gasteiger partial charge in [-0.1, -0.05) is 12.1 Å². The smallest absolute Gasteiger partial charge is 0.270 e. The van der Waals surface area contributed by atoms with Gasteiger partial charge in [-0.2, -0.15) is 0 Å². The predicted octanol–water partition coefficient (Wildman–Crippen LogP) is 3.19. The molecule has 1 aromatic heterocycles. The van der Waals surface area contributed by atoms with Crippen LogP contribution in [-0.2, 0) is 7.05 Å². The molecular weight excluding hydrogens is 366 g/mol. The van der Waals surface area contributed by atoms with Crippen molar-refractivity contribution in [1.29, 1.82) is 0 Å². The number of likely N-dealkylation sites (tertiary alicyclic amines) is 2. The maximum absolute atomic E-state index is 13.2. The van der Waals surface area contributed by atoms with E-state index in [4.69, 9.17) is 4.74 Å². The number of aromatic nitrogens is 1. The van der Waals surface area contributed by atoms with Crippen LogP contribution in [0.15, 0.2) is 42.6 Å². The number of rotatable bonds is 4. The second-order valence-electron chi connectivity index (χ2n) is 7.94. The first-order valence-electron chi connectivity index (χ1n) is 10.5. The average Bonchev–Trinajstić information content (AvgIpc) is 3.18. The summed E-state index contributed by atoms with van der Waals surface area (Å²) in [6.07, 6.45) is 4.77. The Labute approximate surface area is 172 Å². The number of carbonyl (C=O) groups excluding carboxylic acids is 2. The normalized spacial score (nSPS) is 21.6. The molecule has 29 heavy (non-hydrogen) atoms. The number of fused-ring (bicyclic) bond motifs is 1.